The van der Waals surface area contributed by atoms with Crippen LogP contribution in [0.5, 0.6) is 0 Å². The smallest absolute Gasteiger partial charge is 0.262 e. The number of amides is 4. The number of hydrogen-bond acceptors (Lipinski definition) is 4. The van der Waals surface area contributed by atoms with Gasteiger partial charge >= 0.3 is 0 Å². The van der Waals surface area contributed by atoms with Crippen molar-refractivity contribution in [3.63, 3.8) is 0 Å². The summed E-state index contributed by atoms with van der Waals surface area (Å²) in [5.41, 5.74) is 1.49. The molecule has 2 aliphatic heterocycles. The normalized spacial score (nSPS) is 16.3. The van der Waals surface area contributed by atoms with Gasteiger partial charge in [0.1, 0.15) is 0 Å². The van der Waals surface area contributed by atoms with Gasteiger partial charge in [0.2, 0.25) is 5.91 Å². The molecule has 0 N–H and O–H groups in total. The van der Waals surface area contributed by atoms with E-state index in [1.165, 1.54) is 11.0 Å². The van der Waals surface area contributed by atoms with Crippen molar-refractivity contribution < 1.29 is 19.2 Å². The Kier molecular flexibility index (Phi) is 6.06. The zero-order valence-corrected chi connectivity index (χ0v) is 19.3. The Labute approximate surface area is 194 Å². The molecular weight excluding hydrogens is 418 g/mol. The number of piperazine rings is 1. The van der Waals surface area contributed by atoms with Crippen molar-refractivity contribution in [1.82, 2.24) is 14.7 Å². The van der Waals surface area contributed by atoms with Gasteiger partial charge < -0.3 is 9.80 Å². The van der Waals surface area contributed by atoms with Crippen LogP contribution in [0.2, 0.25) is 0 Å². The van der Waals surface area contributed by atoms with Crippen LogP contribution in [-0.2, 0) is 11.2 Å². The van der Waals surface area contributed by atoms with Crippen LogP contribution in [0.3, 0.4) is 0 Å². The van der Waals surface area contributed by atoms with Crippen LogP contribution in [0.1, 0.15) is 63.8 Å². The fraction of sp³-hybridized carbons (Fsp3) is 0.385. The van der Waals surface area contributed by atoms with Crippen LogP contribution >= 0.6 is 0 Å². The number of nitrogens with zero attached hydrogens (tertiary/aromatic N) is 3. The maximum atomic E-state index is 13.1. The number of benzene rings is 2. The third kappa shape index (κ3) is 4.53. The molecular formula is C26H29N3O4. The van der Waals surface area contributed by atoms with Gasteiger partial charge in [-0.1, -0.05) is 30.3 Å². The summed E-state index contributed by atoms with van der Waals surface area (Å²) in [5, 5.41) is 0. The number of aryl methyl sites for hydroxylation is 1. The second-order valence-electron chi connectivity index (χ2n) is 9.54. The molecule has 2 aromatic rings. The van der Waals surface area contributed by atoms with E-state index < -0.39 is 5.54 Å². The molecule has 2 heterocycles. The minimum Gasteiger partial charge on any atom is -0.339 e. The molecule has 1 fully saturated rings. The summed E-state index contributed by atoms with van der Waals surface area (Å²) in [6.45, 7) is 7.27. The fourth-order valence-corrected chi connectivity index (χ4v) is 4.38. The Balaban J connectivity index is 1.37. The SMILES string of the molecule is CC(C)(C)N1C(=O)c2ccc(C(=O)N3CCN(C(=O)CCc4ccccc4)CC3)cc2C1=O. The van der Waals surface area contributed by atoms with Crippen LogP contribution in [0.15, 0.2) is 48.5 Å². The molecule has 2 aliphatic rings. The molecule has 7 nitrogen and oxygen atoms in total. The molecule has 4 rings (SSSR count). The topological polar surface area (TPSA) is 78.0 Å². The van der Waals surface area contributed by atoms with Crippen molar-refractivity contribution in [2.24, 2.45) is 0 Å². The third-order valence-electron chi connectivity index (χ3n) is 6.19. The lowest BCUT2D eigenvalue weighted by Crippen LogP contribution is -2.50. The molecule has 0 spiro atoms. The number of hydrogen-bond donors (Lipinski definition) is 0. The Morgan fingerprint density at radius 1 is 0.818 bits per heavy atom. The van der Waals surface area contributed by atoms with Crippen LogP contribution in [0.25, 0.3) is 0 Å². The summed E-state index contributed by atoms with van der Waals surface area (Å²) in [6.07, 6.45) is 1.15. The molecule has 1 saturated heterocycles. The summed E-state index contributed by atoms with van der Waals surface area (Å²) in [6, 6.07) is 14.6. The quantitative estimate of drug-likeness (QED) is 0.675. The number of carbonyl (C=O) groups is 4. The van der Waals surface area contributed by atoms with Crippen molar-refractivity contribution in [3.8, 4) is 0 Å². The van der Waals surface area contributed by atoms with Crippen molar-refractivity contribution in [1.29, 1.82) is 0 Å². The molecule has 4 amide bonds. The average Bonchev–Trinajstić information content (AvgIpc) is 3.07. The lowest BCUT2D eigenvalue weighted by molar-refractivity contribution is -0.132. The molecule has 2 aromatic carbocycles. The highest BCUT2D eigenvalue weighted by Gasteiger charge is 2.42. The number of rotatable bonds is 4. The lowest BCUT2D eigenvalue weighted by atomic mass is 10.0. The van der Waals surface area contributed by atoms with Gasteiger partial charge in [0.05, 0.1) is 11.1 Å². The molecule has 0 bridgehead atoms. The highest BCUT2D eigenvalue weighted by molar-refractivity contribution is 6.22. The minimum atomic E-state index is -0.638. The van der Waals surface area contributed by atoms with Gasteiger partial charge in [-0.05, 0) is 51.0 Å². The van der Waals surface area contributed by atoms with Gasteiger partial charge in [-0.3, -0.25) is 24.1 Å². The summed E-state index contributed by atoms with van der Waals surface area (Å²) in [7, 11) is 0. The van der Waals surface area contributed by atoms with E-state index in [1.807, 2.05) is 30.3 Å². The monoisotopic (exact) mass is 447 g/mol. The van der Waals surface area contributed by atoms with Crippen LogP contribution in [0.4, 0.5) is 0 Å². The summed E-state index contributed by atoms with van der Waals surface area (Å²) < 4.78 is 0. The lowest BCUT2D eigenvalue weighted by Gasteiger charge is -2.35. The van der Waals surface area contributed by atoms with Gasteiger partial charge in [-0.2, -0.15) is 0 Å². The summed E-state index contributed by atoms with van der Waals surface area (Å²) in [5.74, 6) is -0.798. The first-order chi connectivity index (χ1) is 15.7. The zero-order chi connectivity index (χ0) is 23.8. The van der Waals surface area contributed by atoms with E-state index in [0.29, 0.717) is 50.1 Å². The predicted octanol–water partition coefficient (Wildman–Crippen LogP) is 3.00. The number of fused-ring (bicyclic) bond motifs is 1. The van der Waals surface area contributed by atoms with Gasteiger partial charge in [0.15, 0.2) is 0 Å². The predicted molar refractivity (Wildman–Crippen MR) is 124 cm³/mol. The molecule has 33 heavy (non-hydrogen) atoms. The highest BCUT2D eigenvalue weighted by Crippen LogP contribution is 2.30. The molecule has 0 aliphatic carbocycles. The molecule has 0 atom stereocenters. The zero-order valence-electron chi connectivity index (χ0n) is 19.3. The van der Waals surface area contributed by atoms with Crippen LogP contribution < -0.4 is 0 Å². The molecule has 0 saturated carbocycles. The number of carbonyl (C=O) groups excluding carboxylic acids is 4. The van der Waals surface area contributed by atoms with Crippen molar-refractivity contribution >= 4 is 23.6 Å². The third-order valence-corrected chi connectivity index (χ3v) is 6.19. The van der Waals surface area contributed by atoms with Gasteiger partial charge in [-0.15, -0.1) is 0 Å². The Morgan fingerprint density at radius 3 is 2.06 bits per heavy atom. The maximum Gasteiger partial charge on any atom is 0.262 e. The first-order valence-electron chi connectivity index (χ1n) is 11.3. The van der Waals surface area contributed by atoms with Crippen LogP contribution in [-0.4, -0.2) is 70.0 Å². The molecule has 0 aromatic heterocycles. The van der Waals surface area contributed by atoms with Crippen molar-refractivity contribution in [2.45, 2.75) is 39.2 Å². The fourth-order valence-electron chi connectivity index (χ4n) is 4.38. The Bertz CT molecular complexity index is 1100. The first-order valence-corrected chi connectivity index (χ1v) is 11.3. The van der Waals surface area contributed by atoms with E-state index in [2.05, 4.69) is 0 Å². The van der Waals surface area contributed by atoms with Gasteiger partial charge in [-0.25, -0.2) is 0 Å². The van der Waals surface area contributed by atoms with E-state index in [9.17, 15) is 19.2 Å². The van der Waals surface area contributed by atoms with Gasteiger partial charge in [0, 0.05) is 43.7 Å². The highest BCUT2D eigenvalue weighted by atomic mass is 16.2. The van der Waals surface area contributed by atoms with E-state index in [1.54, 1.807) is 42.7 Å². The van der Waals surface area contributed by atoms with Crippen molar-refractivity contribution in [3.05, 3.63) is 70.8 Å². The second-order valence-corrected chi connectivity index (χ2v) is 9.54. The Hall–Kier alpha value is -3.48. The van der Waals surface area contributed by atoms with Gasteiger partial charge in [0.25, 0.3) is 17.7 Å². The van der Waals surface area contributed by atoms with Crippen molar-refractivity contribution in [2.75, 3.05) is 26.2 Å². The van der Waals surface area contributed by atoms with E-state index in [4.69, 9.17) is 0 Å². The largest absolute Gasteiger partial charge is 0.339 e. The van der Waals surface area contributed by atoms with E-state index in [0.717, 1.165) is 5.56 Å². The van der Waals surface area contributed by atoms with Crippen LogP contribution in [0, 0.1) is 0 Å². The standard InChI is InChI=1S/C26H29N3O4/c1-26(2,3)29-24(32)20-11-10-19(17-21(20)25(29)33)23(31)28-15-13-27(14-16-28)22(30)12-9-18-7-5-4-6-8-18/h4-8,10-11,17H,9,12-16H2,1-3H3. The minimum absolute atomic E-state index is 0.0925. The molecule has 0 unspecified atom stereocenters. The Morgan fingerprint density at radius 2 is 1.42 bits per heavy atom. The second kappa shape index (κ2) is 8.81. The van der Waals surface area contributed by atoms with E-state index in [-0.39, 0.29) is 29.2 Å². The van der Waals surface area contributed by atoms with E-state index >= 15 is 0 Å². The molecule has 7 heteroatoms. The first kappa shape index (κ1) is 22.7. The summed E-state index contributed by atoms with van der Waals surface area (Å²) in [4.78, 5) is 55.9. The maximum absolute atomic E-state index is 13.1. The average molecular weight is 448 g/mol. The molecule has 172 valence electrons. The molecule has 0 radical (unpaired) electrons. The summed E-state index contributed by atoms with van der Waals surface area (Å²) >= 11 is 0. The number of imide groups is 1.